The second-order valence-electron chi connectivity index (χ2n) is 6.75. The van der Waals surface area contributed by atoms with Crippen molar-refractivity contribution in [2.45, 2.75) is 51.9 Å². The van der Waals surface area contributed by atoms with E-state index in [1.54, 1.807) is 0 Å². The molecule has 0 aliphatic heterocycles. The van der Waals surface area contributed by atoms with Crippen LogP contribution in [0.25, 0.3) is 0 Å². The SMILES string of the molecule is Cc1ccc(N(C)c2ccc(C3CCCCC3)cc2)cc1C. The molecule has 1 nitrogen and oxygen atoms in total. The Balaban J connectivity index is 1.77. The smallest absolute Gasteiger partial charge is 0.0410 e. The summed E-state index contributed by atoms with van der Waals surface area (Å²) in [7, 11) is 2.15. The first-order chi connectivity index (χ1) is 10.6. The molecule has 2 aromatic rings. The molecular weight excluding hydrogens is 266 g/mol. The second-order valence-corrected chi connectivity index (χ2v) is 6.75. The molecule has 0 saturated heterocycles. The lowest BCUT2D eigenvalue weighted by molar-refractivity contribution is 0.443. The zero-order valence-corrected chi connectivity index (χ0v) is 14.1. The highest BCUT2D eigenvalue weighted by Crippen LogP contribution is 2.34. The van der Waals surface area contributed by atoms with E-state index in [2.05, 4.69) is 68.3 Å². The van der Waals surface area contributed by atoms with Crippen LogP contribution in [0.1, 0.15) is 54.7 Å². The van der Waals surface area contributed by atoms with Gasteiger partial charge in [0.15, 0.2) is 0 Å². The highest BCUT2D eigenvalue weighted by atomic mass is 15.1. The summed E-state index contributed by atoms with van der Waals surface area (Å²) in [5.74, 6) is 0.787. The van der Waals surface area contributed by atoms with Gasteiger partial charge in [-0.05, 0) is 73.6 Å². The molecule has 1 fully saturated rings. The van der Waals surface area contributed by atoms with Crippen molar-refractivity contribution in [1.82, 2.24) is 0 Å². The van der Waals surface area contributed by atoms with Crippen LogP contribution in [0, 0.1) is 13.8 Å². The first-order valence-corrected chi connectivity index (χ1v) is 8.56. The molecular formula is C21H27N. The number of hydrogen-bond acceptors (Lipinski definition) is 1. The van der Waals surface area contributed by atoms with Gasteiger partial charge in [0, 0.05) is 18.4 Å². The molecule has 0 heterocycles. The van der Waals surface area contributed by atoms with Gasteiger partial charge in [0.25, 0.3) is 0 Å². The molecule has 116 valence electrons. The molecule has 0 radical (unpaired) electrons. The van der Waals surface area contributed by atoms with Crippen LogP contribution >= 0.6 is 0 Å². The van der Waals surface area contributed by atoms with Crippen LogP contribution in [-0.4, -0.2) is 7.05 Å². The summed E-state index contributed by atoms with van der Waals surface area (Å²) in [6.45, 7) is 4.34. The van der Waals surface area contributed by atoms with Crippen LogP contribution in [0.5, 0.6) is 0 Å². The van der Waals surface area contributed by atoms with E-state index in [0.29, 0.717) is 0 Å². The number of aryl methyl sites for hydroxylation is 2. The molecule has 0 spiro atoms. The molecule has 0 N–H and O–H groups in total. The molecule has 0 unspecified atom stereocenters. The fourth-order valence-electron chi connectivity index (χ4n) is 3.49. The van der Waals surface area contributed by atoms with E-state index in [4.69, 9.17) is 0 Å². The molecule has 0 amide bonds. The molecule has 22 heavy (non-hydrogen) atoms. The minimum Gasteiger partial charge on any atom is -0.345 e. The summed E-state index contributed by atoms with van der Waals surface area (Å²) in [4.78, 5) is 2.27. The fourth-order valence-corrected chi connectivity index (χ4v) is 3.49. The molecule has 1 saturated carbocycles. The van der Waals surface area contributed by atoms with Gasteiger partial charge in [0.1, 0.15) is 0 Å². The van der Waals surface area contributed by atoms with Gasteiger partial charge in [0.05, 0.1) is 0 Å². The van der Waals surface area contributed by atoms with Crippen molar-refractivity contribution in [2.24, 2.45) is 0 Å². The van der Waals surface area contributed by atoms with E-state index in [-0.39, 0.29) is 0 Å². The molecule has 1 aliphatic carbocycles. The fraction of sp³-hybridized carbons (Fsp3) is 0.429. The summed E-state index contributed by atoms with van der Waals surface area (Å²) < 4.78 is 0. The lowest BCUT2D eigenvalue weighted by Crippen LogP contribution is -2.10. The summed E-state index contributed by atoms with van der Waals surface area (Å²) in [6, 6.07) is 15.9. The minimum absolute atomic E-state index is 0.787. The average molecular weight is 293 g/mol. The van der Waals surface area contributed by atoms with Gasteiger partial charge in [-0.2, -0.15) is 0 Å². The third kappa shape index (κ3) is 3.19. The highest BCUT2D eigenvalue weighted by Gasteiger charge is 2.15. The Kier molecular flexibility index (Phi) is 4.52. The van der Waals surface area contributed by atoms with Crippen LogP contribution in [-0.2, 0) is 0 Å². The number of rotatable bonds is 3. The lowest BCUT2D eigenvalue weighted by Gasteiger charge is -2.24. The maximum Gasteiger partial charge on any atom is 0.0410 e. The predicted octanol–water partition coefficient (Wildman–Crippen LogP) is 6.12. The molecule has 1 heteroatoms. The Morgan fingerprint density at radius 2 is 1.41 bits per heavy atom. The Morgan fingerprint density at radius 3 is 2.05 bits per heavy atom. The molecule has 0 aromatic heterocycles. The van der Waals surface area contributed by atoms with Crippen molar-refractivity contribution in [1.29, 1.82) is 0 Å². The van der Waals surface area contributed by atoms with E-state index in [0.717, 1.165) is 5.92 Å². The van der Waals surface area contributed by atoms with Crippen molar-refractivity contribution >= 4 is 11.4 Å². The van der Waals surface area contributed by atoms with Crippen molar-refractivity contribution < 1.29 is 0 Å². The summed E-state index contributed by atoms with van der Waals surface area (Å²) >= 11 is 0. The Morgan fingerprint density at radius 1 is 0.773 bits per heavy atom. The third-order valence-corrected chi connectivity index (χ3v) is 5.23. The summed E-state index contributed by atoms with van der Waals surface area (Å²) in [5, 5.41) is 0. The van der Waals surface area contributed by atoms with Crippen LogP contribution in [0.2, 0.25) is 0 Å². The van der Waals surface area contributed by atoms with Gasteiger partial charge in [-0.1, -0.05) is 37.5 Å². The van der Waals surface area contributed by atoms with Crippen molar-refractivity contribution in [3.63, 3.8) is 0 Å². The highest BCUT2D eigenvalue weighted by molar-refractivity contribution is 5.64. The molecule has 0 atom stereocenters. The van der Waals surface area contributed by atoms with Gasteiger partial charge < -0.3 is 4.90 Å². The minimum atomic E-state index is 0.787. The molecule has 1 aliphatic rings. The van der Waals surface area contributed by atoms with Crippen LogP contribution < -0.4 is 4.90 Å². The predicted molar refractivity (Wildman–Crippen MR) is 96.2 cm³/mol. The normalized spacial score (nSPS) is 15.8. The molecule has 2 aromatic carbocycles. The Labute approximate surface area is 135 Å². The van der Waals surface area contributed by atoms with Gasteiger partial charge >= 0.3 is 0 Å². The topological polar surface area (TPSA) is 3.24 Å². The summed E-state index contributed by atoms with van der Waals surface area (Å²) in [6.07, 6.45) is 6.95. The van der Waals surface area contributed by atoms with Gasteiger partial charge in [-0.3, -0.25) is 0 Å². The van der Waals surface area contributed by atoms with E-state index >= 15 is 0 Å². The Hall–Kier alpha value is -1.76. The lowest BCUT2D eigenvalue weighted by atomic mass is 9.84. The number of benzene rings is 2. The maximum absolute atomic E-state index is 2.34. The molecule has 0 bridgehead atoms. The molecule has 3 rings (SSSR count). The number of anilines is 2. The van der Waals surface area contributed by atoms with E-state index in [1.807, 2.05) is 0 Å². The van der Waals surface area contributed by atoms with E-state index in [1.165, 1.54) is 60.2 Å². The van der Waals surface area contributed by atoms with E-state index < -0.39 is 0 Å². The zero-order valence-electron chi connectivity index (χ0n) is 14.1. The maximum atomic E-state index is 2.34. The standard InChI is InChI=1S/C21H27N/c1-16-9-12-21(15-17(16)2)22(3)20-13-10-19(11-14-20)18-7-5-4-6-8-18/h9-15,18H,4-8H2,1-3H3. The summed E-state index contributed by atoms with van der Waals surface area (Å²) in [5.41, 5.74) is 6.75. The van der Waals surface area contributed by atoms with Crippen LogP contribution in [0.4, 0.5) is 11.4 Å². The van der Waals surface area contributed by atoms with Gasteiger partial charge in [-0.25, -0.2) is 0 Å². The quantitative estimate of drug-likeness (QED) is 0.659. The monoisotopic (exact) mass is 293 g/mol. The van der Waals surface area contributed by atoms with Crippen molar-refractivity contribution in [2.75, 3.05) is 11.9 Å². The average Bonchev–Trinajstić information content (AvgIpc) is 2.58. The third-order valence-electron chi connectivity index (χ3n) is 5.23. The zero-order chi connectivity index (χ0) is 15.5. The van der Waals surface area contributed by atoms with Gasteiger partial charge in [-0.15, -0.1) is 0 Å². The van der Waals surface area contributed by atoms with E-state index in [9.17, 15) is 0 Å². The van der Waals surface area contributed by atoms with Crippen LogP contribution in [0.3, 0.4) is 0 Å². The Bertz CT molecular complexity index is 621. The first kappa shape index (κ1) is 15.1. The largest absolute Gasteiger partial charge is 0.345 e. The van der Waals surface area contributed by atoms with Crippen molar-refractivity contribution in [3.8, 4) is 0 Å². The van der Waals surface area contributed by atoms with Gasteiger partial charge in [0.2, 0.25) is 0 Å². The number of hydrogen-bond donors (Lipinski definition) is 0. The van der Waals surface area contributed by atoms with Crippen LogP contribution in [0.15, 0.2) is 42.5 Å². The first-order valence-electron chi connectivity index (χ1n) is 8.56. The van der Waals surface area contributed by atoms with Crippen molar-refractivity contribution in [3.05, 3.63) is 59.2 Å². The second kappa shape index (κ2) is 6.56. The number of nitrogens with zero attached hydrogens (tertiary/aromatic N) is 1.